The molecule has 0 radical (unpaired) electrons. The van der Waals surface area contributed by atoms with Gasteiger partial charge in [-0.2, -0.15) is 0 Å². The summed E-state index contributed by atoms with van der Waals surface area (Å²) in [4.78, 5) is 0. The van der Waals surface area contributed by atoms with Crippen molar-refractivity contribution in [1.82, 2.24) is 10.2 Å². The second kappa shape index (κ2) is 6.36. The van der Waals surface area contributed by atoms with E-state index in [0.717, 1.165) is 16.8 Å². The van der Waals surface area contributed by atoms with Gasteiger partial charge >= 0.3 is 6.01 Å². The van der Waals surface area contributed by atoms with Gasteiger partial charge in [0, 0.05) is 11.3 Å². The van der Waals surface area contributed by atoms with Gasteiger partial charge in [0.15, 0.2) is 5.11 Å². The Hall–Kier alpha value is -2.73. The van der Waals surface area contributed by atoms with E-state index >= 15 is 0 Å². The summed E-state index contributed by atoms with van der Waals surface area (Å²) in [5.74, 6) is 0.446. The Balaban J connectivity index is 1.68. The van der Waals surface area contributed by atoms with E-state index in [1.807, 2.05) is 61.5 Å². The molecule has 0 fully saturated rings. The Bertz CT molecular complexity index is 786. The Morgan fingerprint density at radius 2 is 1.68 bits per heavy atom. The number of aromatic nitrogens is 2. The van der Waals surface area contributed by atoms with E-state index in [0.29, 0.717) is 11.0 Å². The van der Waals surface area contributed by atoms with Crippen LogP contribution in [-0.4, -0.2) is 15.3 Å². The number of nitrogens with one attached hydrogen (secondary N) is 2. The number of benzene rings is 2. The van der Waals surface area contributed by atoms with Crippen LogP contribution in [0.25, 0.3) is 11.5 Å². The Morgan fingerprint density at radius 3 is 2.45 bits per heavy atom. The fraction of sp³-hybridized carbons (Fsp3) is 0.0625. The van der Waals surface area contributed by atoms with E-state index in [-0.39, 0.29) is 6.01 Å². The van der Waals surface area contributed by atoms with Crippen molar-refractivity contribution in [2.75, 3.05) is 10.6 Å². The van der Waals surface area contributed by atoms with Crippen molar-refractivity contribution in [3.05, 3.63) is 60.2 Å². The highest BCUT2D eigenvalue weighted by molar-refractivity contribution is 7.80. The minimum absolute atomic E-state index is 0.255. The molecule has 0 aliphatic carbocycles. The Kier molecular flexibility index (Phi) is 4.11. The Morgan fingerprint density at radius 1 is 0.955 bits per heavy atom. The zero-order chi connectivity index (χ0) is 15.4. The Labute approximate surface area is 133 Å². The molecule has 5 nitrogen and oxygen atoms in total. The van der Waals surface area contributed by atoms with Crippen LogP contribution in [0.5, 0.6) is 0 Å². The first-order chi connectivity index (χ1) is 10.7. The number of anilines is 2. The molecule has 2 aromatic carbocycles. The maximum Gasteiger partial charge on any atom is 0.322 e. The lowest BCUT2D eigenvalue weighted by molar-refractivity contribution is 0.589. The molecule has 110 valence electrons. The lowest BCUT2D eigenvalue weighted by Crippen LogP contribution is -2.19. The first-order valence-electron chi connectivity index (χ1n) is 6.75. The lowest BCUT2D eigenvalue weighted by Gasteiger charge is -2.09. The molecule has 3 rings (SSSR count). The maximum absolute atomic E-state index is 5.55. The molecule has 0 saturated carbocycles. The number of thiocarbonyl (C=S) groups is 1. The number of aryl methyl sites for hydroxylation is 1. The standard InChI is InChI=1S/C16H14N4OS/c1-11-7-5-6-10-13(11)17-16(22)18-15-20-19-14(21-15)12-8-3-2-4-9-12/h2-10H,1H3,(H2,17,18,20,22). The number of rotatable bonds is 3. The van der Waals surface area contributed by atoms with Gasteiger partial charge in [0.2, 0.25) is 5.89 Å². The topological polar surface area (TPSA) is 63.0 Å². The molecule has 0 unspecified atom stereocenters. The number of para-hydroxylation sites is 1. The van der Waals surface area contributed by atoms with Crippen LogP contribution in [-0.2, 0) is 0 Å². The van der Waals surface area contributed by atoms with Gasteiger partial charge in [-0.1, -0.05) is 41.5 Å². The van der Waals surface area contributed by atoms with Crippen LogP contribution in [0.1, 0.15) is 5.56 Å². The molecular formula is C16H14N4OS. The van der Waals surface area contributed by atoms with Gasteiger partial charge in [-0.25, -0.2) is 0 Å². The van der Waals surface area contributed by atoms with Gasteiger partial charge in [0.1, 0.15) is 0 Å². The van der Waals surface area contributed by atoms with E-state index in [1.165, 1.54) is 0 Å². The molecule has 0 saturated heterocycles. The predicted octanol–water partition coefficient (Wildman–Crippen LogP) is 3.85. The number of hydrogen-bond donors (Lipinski definition) is 2. The smallest absolute Gasteiger partial charge is 0.322 e. The molecule has 1 heterocycles. The first-order valence-corrected chi connectivity index (χ1v) is 7.16. The third-order valence-corrected chi connectivity index (χ3v) is 3.26. The summed E-state index contributed by atoms with van der Waals surface area (Å²) in [7, 11) is 0. The second-order valence-electron chi connectivity index (χ2n) is 4.67. The van der Waals surface area contributed by atoms with Crippen LogP contribution in [0.2, 0.25) is 0 Å². The largest absolute Gasteiger partial charge is 0.403 e. The third kappa shape index (κ3) is 3.29. The molecule has 0 bridgehead atoms. The monoisotopic (exact) mass is 310 g/mol. The average Bonchev–Trinajstić information content (AvgIpc) is 2.99. The minimum Gasteiger partial charge on any atom is -0.403 e. The second-order valence-corrected chi connectivity index (χ2v) is 5.08. The molecule has 0 aliphatic rings. The first kappa shape index (κ1) is 14.2. The van der Waals surface area contributed by atoms with Gasteiger partial charge in [-0.15, -0.1) is 5.10 Å². The highest BCUT2D eigenvalue weighted by Crippen LogP contribution is 2.19. The van der Waals surface area contributed by atoms with Crippen molar-refractivity contribution in [3.8, 4) is 11.5 Å². The van der Waals surface area contributed by atoms with Crippen LogP contribution < -0.4 is 10.6 Å². The quantitative estimate of drug-likeness (QED) is 0.716. The van der Waals surface area contributed by atoms with E-state index in [4.69, 9.17) is 16.6 Å². The highest BCUT2D eigenvalue weighted by Gasteiger charge is 2.09. The summed E-state index contributed by atoms with van der Waals surface area (Å²) in [5, 5.41) is 14.3. The van der Waals surface area contributed by atoms with Gasteiger partial charge in [0.05, 0.1) is 0 Å². The highest BCUT2D eigenvalue weighted by atomic mass is 32.1. The van der Waals surface area contributed by atoms with Crippen LogP contribution in [0.4, 0.5) is 11.7 Å². The van der Waals surface area contributed by atoms with Gasteiger partial charge in [-0.05, 0) is 42.9 Å². The van der Waals surface area contributed by atoms with Crippen LogP contribution in [0, 0.1) is 6.92 Å². The summed E-state index contributed by atoms with van der Waals surface area (Å²) < 4.78 is 5.55. The van der Waals surface area contributed by atoms with Crippen LogP contribution in [0.3, 0.4) is 0 Å². The number of hydrogen-bond acceptors (Lipinski definition) is 4. The van der Waals surface area contributed by atoms with Crippen molar-refractivity contribution in [3.63, 3.8) is 0 Å². The van der Waals surface area contributed by atoms with Crippen LogP contribution >= 0.6 is 12.2 Å². The zero-order valence-corrected chi connectivity index (χ0v) is 12.7. The van der Waals surface area contributed by atoms with Gasteiger partial charge in [0.25, 0.3) is 0 Å². The average molecular weight is 310 g/mol. The summed E-state index contributed by atoms with van der Waals surface area (Å²) >= 11 is 5.25. The van der Waals surface area contributed by atoms with Gasteiger partial charge < -0.3 is 9.73 Å². The van der Waals surface area contributed by atoms with Crippen molar-refractivity contribution >= 4 is 29.0 Å². The van der Waals surface area contributed by atoms with E-state index in [2.05, 4.69) is 20.8 Å². The normalized spacial score (nSPS) is 10.2. The molecule has 2 N–H and O–H groups in total. The van der Waals surface area contributed by atoms with E-state index in [1.54, 1.807) is 0 Å². The molecule has 0 spiro atoms. The molecular weight excluding hydrogens is 296 g/mol. The van der Waals surface area contributed by atoms with E-state index in [9.17, 15) is 0 Å². The molecule has 0 atom stereocenters. The SMILES string of the molecule is Cc1ccccc1NC(=S)Nc1nnc(-c2ccccc2)o1. The van der Waals surface area contributed by atoms with E-state index < -0.39 is 0 Å². The fourth-order valence-electron chi connectivity index (χ4n) is 1.93. The molecule has 0 amide bonds. The van der Waals surface area contributed by atoms with Gasteiger partial charge in [-0.3, -0.25) is 5.32 Å². The molecule has 1 aromatic heterocycles. The fourth-order valence-corrected chi connectivity index (χ4v) is 2.13. The molecule has 6 heteroatoms. The molecule has 0 aliphatic heterocycles. The lowest BCUT2D eigenvalue weighted by atomic mass is 10.2. The number of nitrogens with zero attached hydrogens (tertiary/aromatic N) is 2. The summed E-state index contributed by atoms with van der Waals surface area (Å²) in [5.41, 5.74) is 2.89. The molecule has 3 aromatic rings. The third-order valence-electron chi connectivity index (χ3n) is 3.06. The summed E-state index contributed by atoms with van der Waals surface area (Å²) in [6, 6.07) is 17.7. The zero-order valence-electron chi connectivity index (χ0n) is 11.9. The summed E-state index contributed by atoms with van der Waals surface area (Å²) in [6.45, 7) is 2.01. The van der Waals surface area contributed by atoms with Crippen molar-refractivity contribution in [1.29, 1.82) is 0 Å². The predicted molar refractivity (Wildman–Crippen MR) is 90.8 cm³/mol. The van der Waals surface area contributed by atoms with Crippen molar-refractivity contribution in [2.24, 2.45) is 0 Å². The summed E-state index contributed by atoms with van der Waals surface area (Å²) in [6.07, 6.45) is 0. The van der Waals surface area contributed by atoms with Crippen LogP contribution in [0.15, 0.2) is 59.0 Å². The minimum atomic E-state index is 0.255. The van der Waals surface area contributed by atoms with Crippen molar-refractivity contribution in [2.45, 2.75) is 6.92 Å². The van der Waals surface area contributed by atoms with Crippen molar-refractivity contribution < 1.29 is 4.42 Å². The maximum atomic E-state index is 5.55. The molecule has 22 heavy (non-hydrogen) atoms.